The third-order valence-corrected chi connectivity index (χ3v) is 4.24. The van der Waals surface area contributed by atoms with Gasteiger partial charge < -0.3 is 30.3 Å². The van der Waals surface area contributed by atoms with E-state index in [1.807, 2.05) is 0 Å². The highest BCUT2D eigenvalue weighted by Gasteiger charge is 2.40. The molecule has 0 fully saturated rings. The number of aromatic hydroxyl groups is 2. The molecule has 0 radical (unpaired) electrons. The van der Waals surface area contributed by atoms with Gasteiger partial charge in [-0.3, -0.25) is 0 Å². The second kappa shape index (κ2) is 11.2. The molecular weight excluding hydrogens is 434 g/mol. The van der Waals surface area contributed by atoms with Crippen LogP contribution in [0.25, 0.3) is 0 Å². The molecule has 1 heterocycles. The van der Waals surface area contributed by atoms with Gasteiger partial charge in [0.05, 0.1) is 0 Å². The summed E-state index contributed by atoms with van der Waals surface area (Å²) in [6.07, 6.45) is -2.08. The zero-order valence-electron chi connectivity index (χ0n) is 18.8. The zero-order valence-corrected chi connectivity index (χ0v) is 18.8. The van der Waals surface area contributed by atoms with E-state index in [4.69, 9.17) is 20.0 Å². The highest BCUT2D eigenvalue weighted by Crippen LogP contribution is 2.21. The first kappa shape index (κ1) is 25.5. The summed E-state index contributed by atoms with van der Waals surface area (Å²) >= 11 is 0. The fourth-order valence-corrected chi connectivity index (χ4v) is 2.74. The average molecular weight is 463 g/mol. The Morgan fingerprint density at radius 2 is 1.64 bits per heavy atom. The summed E-state index contributed by atoms with van der Waals surface area (Å²) in [6, 6.07) is 9.44. The summed E-state index contributed by atoms with van der Waals surface area (Å²) in [7, 11) is 0. The lowest BCUT2D eigenvalue weighted by Crippen LogP contribution is -2.52. The molecule has 1 aromatic heterocycles. The molecule has 2 rings (SSSR count). The molecule has 1 atom stereocenters. The standard InChI is InChI=1S/C22H29N3O8/c1-22(2,3)32-21(30)24(20(29)31-14-15-8-5-4-6-9-15)16(10-7-13-23)19(28)33-25-17(26)11-12-18(25)27/h4-6,8-9,11-12,16,26-27H,7,10,13-14,23H2,1-3H3/t16-/m0/s1. The summed E-state index contributed by atoms with van der Waals surface area (Å²) in [5, 5.41) is 19.5. The summed E-state index contributed by atoms with van der Waals surface area (Å²) in [6.45, 7) is 4.80. The molecule has 180 valence electrons. The Morgan fingerprint density at radius 3 is 2.18 bits per heavy atom. The molecule has 11 nitrogen and oxygen atoms in total. The number of imide groups is 1. The van der Waals surface area contributed by atoms with Crippen molar-refractivity contribution in [3.05, 3.63) is 48.0 Å². The van der Waals surface area contributed by atoms with Crippen molar-refractivity contribution in [3.63, 3.8) is 0 Å². The minimum atomic E-state index is -1.51. The van der Waals surface area contributed by atoms with Gasteiger partial charge in [0.2, 0.25) is 11.8 Å². The van der Waals surface area contributed by atoms with Crippen LogP contribution < -0.4 is 10.6 Å². The molecule has 0 aliphatic rings. The minimum absolute atomic E-state index is 0.0716. The first-order valence-corrected chi connectivity index (χ1v) is 10.3. The van der Waals surface area contributed by atoms with Crippen molar-refractivity contribution < 1.29 is 38.9 Å². The number of rotatable bonds is 8. The molecule has 11 heteroatoms. The van der Waals surface area contributed by atoms with Crippen molar-refractivity contribution in [2.24, 2.45) is 5.73 Å². The van der Waals surface area contributed by atoms with E-state index >= 15 is 0 Å². The number of nitrogens with two attached hydrogens (primary N) is 1. The molecule has 1 aromatic carbocycles. The van der Waals surface area contributed by atoms with Gasteiger partial charge in [-0.05, 0) is 45.7 Å². The molecule has 0 saturated carbocycles. The average Bonchev–Trinajstić information content (AvgIpc) is 3.06. The quantitative estimate of drug-likeness (QED) is 0.536. The van der Waals surface area contributed by atoms with Crippen LogP contribution in [0.15, 0.2) is 42.5 Å². The van der Waals surface area contributed by atoms with Gasteiger partial charge in [-0.25, -0.2) is 14.4 Å². The molecule has 0 unspecified atom stereocenters. The lowest BCUT2D eigenvalue weighted by atomic mass is 10.1. The van der Waals surface area contributed by atoms with E-state index in [0.717, 1.165) is 12.1 Å². The summed E-state index contributed by atoms with van der Waals surface area (Å²) < 4.78 is 11.0. The van der Waals surface area contributed by atoms with Crippen LogP contribution in [0.1, 0.15) is 39.2 Å². The first-order chi connectivity index (χ1) is 15.5. The molecule has 0 bridgehead atoms. The van der Waals surface area contributed by atoms with E-state index < -0.39 is 41.6 Å². The molecule has 0 aliphatic carbocycles. The fraction of sp³-hybridized carbons (Fsp3) is 0.409. The minimum Gasteiger partial charge on any atom is -0.492 e. The Bertz CT molecular complexity index is 933. The van der Waals surface area contributed by atoms with Crippen LogP contribution in [0.4, 0.5) is 9.59 Å². The number of hydrogen-bond donors (Lipinski definition) is 3. The van der Waals surface area contributed by atoms with Crippen LogP contribution in [0.2, 0.25) is 0 Å². The Morgan fingerprint density at radius 1 is 1.03 bits per heavy atom. The molecule has 0 spiro atoms. The summed E-state index contributed by atoms with van der Waals surface area (Å²) in [5.41, 5.74) is 5.25. The van der Waals surface area contributed by atoms with Crippen LogP contribution in [0.5, 0.6) is 11.8 Å². The molecule has 4 N–H and O–H groups in total. The van der Waals surface area contributed by atoms with E-state index in [1.54, 1.807) is 51.1 Å². The predicted octanol–water partition coefficient (Wildman–Crippen LogP) is 2.54. The predicted molar refractivity (Wildman–Crippen MR) is 116 cm³/mol. The van der Waals surface area contributed by atoms with Gasteiger partial charge in [-0.15, -0.1) is 4.73 Å². The normalized spacial score (nSPS) is 12.0. The molecule has 0 aliphatic heterocycles. The highest BCUT2D eigenvalue weighted by atomic mass is 16.7. The Hall–Kier alpha value is -3.73. The molecular formula is C22H29N3O8. The SMILES string of the molecule is CC(C)(C)OC(=O)N(C(=O)OCc1ccccc1)[C@@H](CCCN)C(=O)On1c(O)ccc1O. The fourth-order valence-electron chi connectivity index (χ4n) is 2.74. The number of aromatic nitrogens is 1. The van der Waals surface area contributed by atoms with Crippen molar-refractivity contribution in [3.8, 4) is 11.8 Å². The number of amides is 2. The molecule has 2 aromatic rings. The van der Waals surface area contributed by atoms with Gasteiger partial charge in [0.15, 0.2) is 0 Å². The Balaban J connectivity index is 2.33. The highest BCUT2D eigenvalue weighted by molar-refractivity contribution is 5.94. The lowest BCUT2D eigenvalue weighted by Gasteiger charge is -2.30. The Kier molecular flexibility index (Phi) is 8.69. The van der Waals surface area contributed by atoms with E-state index in [9.17, 15) is 24.6 Å². The molecule has 0 saturated heterocycles. The van der Waals surface area contributed by atoms with Gasteiger partial charge >= 0.3 is 18.2 Å². The number of hydrogen-bond acceptors (Lipinski definition) is 9. The van der Waals surface area contributed by atoms with Crippen LogP contribution >= 0.6 is 0 Å². The number of benzene rings is 1. The van der Waals surface area contributed by atoms with Gasteiger partial charge in [-0.2, -0.15) is 4.90 Å². The monoisotopic (exact) mass is 463 g/mol. The van der Waals surface area contributed by atoms with Crippen LogP contribution in [0, 0.1) is 0 Å². The zero-order chi connectivity index (χ0) is 24.6. The maximum absolute atomic E-state index is 12.9. The maximum atomic E-state index is 12.9. The smallest absolute Gasteiger partial charge is 0.420 e. The van der Waals surface area contributed by atoms with Gasteiger partial charge in [0, 0.05) is 12.1 Å². The van der Waals surface area contributed by atoms with Crippen LogP contribution in [-0.4, -0.2) is 56.2 Å². The first-order valence-electron chi connectivity index (χ1n) is 10.3. The number of nitrogens with zero attached hydrogens (tertiary/aromatic N) is 2. The second-order valence-corrected chi connectivity index (χ2v) is 8.09. The van der Waals surface area contributed by atoms with E-state index in [0.29, 0.717) is 15.2 Å². The van der Waals surface area contributed by atoms with Crippen molar-refractivity contribution in [1.82, 2.24) is 9.63 Å². The Labute approximate surface area is 191 Å². The van der Waals surface area contributed by atoms with Crippen molar-refractivity contribution in [2.75, 3.05) is 6.54 Å². The van der Waals surface area contributed by atoms with Crippen LogP contribution in [-0.2, 0) is 20.9 Å². The van der Waals surface area contributed by atoms with Gasteiger partial charge in [0.25, 0.3) is 0 Å². The van der Waals surface area contributed by atoms with E-state index in [-0.39, 0.29) is 26.0 Å². The van der Waals surface area contributed by atoms with Gasteiger partial charge in [0.1, 0.15) is 18.2 Å². The van der Waals surface area contributed by atoms with Gasteiger partial charge in [-0.1, -0.05) is 30.3 Å². The number of ether oxygens (including phenoxy) is 2. The lowest BCUT2D eigenvalue weighted by molar-refractivity contribution is -0.151. The number of carbonyl (C=O) groups is 3. The third kappa shape index (κ3) is 7.42. The topological polar surface area (TPSA) is 154 Å². The third-order valence-electron chi connectivity index (χ3n) is 4.24. The van der Waals surface area contributed by atoms with Crippen molar-refractivity contribution in [2.45, 2.75) is 51.9 Å². The van der Waals surface area contributed by atoms with E-state index in [2.05, 4.69) is 0 Å². The van der Waals surface area contributed by atoms with Crippen LogP contribution in [0.3, 0.4) is 0 Å². The van der Waals surface area contributed by atoms with E-state index in [1.165, 1.54) is 0 Å². The summed E-state index contributed by atoms with van der Waals surface area (Å²) in [4.78, 5) is 44.4. The maximum Gasteiger partial charge on any atom is 0.420 e. The van der Waals surface area contributed by atoms with Crippen molar-refractivity contribution >= 4 is 18.2 Å². The number of carbonyl (C=O) groups excluding carboxylic acids is 3. The van der Waals surface area contributed by atoms with Crippen molar-refractivity contribution in [1.29, 1.82) is 0 Å². The molecule has 33 heavy (non-hydrogen) atoms. The second-order valence-electron chi connectivity index (χ2n) is 8.09. The molecule has 2 amide bonds. The summed E-state index contributed by atoms with van der Waals surface area (Å²) in [5.74, 6) is -2.24. The largest absolute Gasteiger partial charge is 0.492 e.